The van der Waals surface area contributed by atoms with Gasteiger partial charge in [-0.15, -0.1) is 15.3 Å². The highest BCUT2D eigenvalue weighted by atomic mass is 15.8. The number of hydrogen-bond donors (Lipinski definition) is 2. The van der Waals surface area contributed by atoms with Crippen molar-refractivity contribution in [3.05, 3.63) is 6.33 Å². The molecule has 0 amide bonds. The molecule has 0 fully saturated rings. The lowest BCUT2D eigenvalue weighted by Gasteiger charge is -2.13. The number of hydrogen-bond acceptors (Lipinski definition) is 7. The summed E-state index contributed by atoms with van der Waals surface area (Å²) in [4.78, 5) is 1.58. The van der Waals surface area contributed by atoms with Gasteiger partial charge < -0.3 is 0 Å². The van der Waals surface area contributed by atoms with Gasteiger partial charge in [-0.1, -0.05) is 0 Å². The van der Waals surface area contributed by atoms with Gasteiger partial charge in [0.05, 0.1) is 6.54 Å². The van der Waals surface area contributed by atoms with Crippen molar-refractivity contribution in [1.82, 2.24) is 36.3 Å². The zero-order valence-corrected chi connectivity index (χ0v) is 7.67. The largest absolute Gasteiger partial charge is 0.289 e. The average Bonchev–Trinajstić information content (AvgIpc) is 2.86. The molecule has 1 aliphatic heterocycles. The normalized spacial score (nSPS) is 15.4. The van der Waals surface area contributed by atoms with E-state index >= 15 is 0 Å². The fourth-order valence-corrected chi connectivity index (χ4v) is 1.15. The quantitative estimate of drug-likeness (QED) is 0.571. The number of nitrogens with one attached hydrogen (secondary N) is 2. The molecule has 2 rings (SSSR count). The zero-order valence-electron chi connectivity index (χ0n) is 7.67. The Kier molecular flexibility index (Phi) is 2.86. The van der Waals surface area contributed by atoms with Gasteiger partial charge in [0, 0.05) is 6.54 Å². The molecule has 1 aromatic rings. The van der Waals surface area contributed by atoms with E-state index in [-0.39, 0.29) is 0 Å². The van der Waals surface area contributed by atoms with Crippen molar-refractivity contribution in [3.63, 3.8) is 0 Å². The summed E-state index contributed by atoms with van der Waals surface area (Å²) >= 11 is 0. The van der Waals surface area contributed by atoms with E-state index < -0.39 is 0 Å². The van der Waals surface area contributed by atoms with Gasteiger partial charge in [0.1, 0.15) is 6.34 Å². The van der Waals surface area contributed by atoms with Crippen LogP contribution in [0.3, 0.4) is 0 Å². The predicted molar refractivity (Wildman–Crippen MR) is 48.5 cm³/mol. The summed E-state index contributed by atoms with van der Waals surface area (Å²) in [6, 6.07) is 0. The number of hydrazine groups is 2. The number of nitrogens with zero attached hydrogens (tertiary/aromatic N) is 6. The van der Waals surface area contributed by atoms with Crippen LogP contribution >= 0.6 is 0 Å². The van der Waals surface area contributed by atoms with Crippen molar-refractivity contribution in [2.75, 3.05) is 6.54 Å². The Morgan fingerprint density at radius 1 is 1.21 bits per heavy atom. The van der Waals surface area contributed by atoms with Crippen LogP contribution in [0, 0.1) is 0 Å². The van der Waals surface area contributed by atoms with E-state index in [1.165, 1.54) is 6.33 Å². The lowest BCUT2D eigenvalue weighted by molar-refractivity contribution is 0.175. The van der Waals surface area contributed by atoms with Gasteiger partial charge in [0.2, 0.25) is 0 Å². The summed E-state index contributed by atoms with van der Waals surface area (Å²) in [5.74, 6) is 0. The van der Waals surface area contributed by atoms with Gasteiger partial charge >= 0.3 is 0 Å². The van der Waals surface area contributed by atoms with Crippen LogP contribution in [-0.2, 0) is 6.54 Å². The van der Waals surface area contributed by atoms with Gasteiger partial charge in [0.25, 0.3) is 0 Å². The van der Waals surface area contributed by atoms with Gasteiger partial charge in [-0.05, 0) is 18.1 Å². The number of aryl methyl sites for hydroxylation is 1. The van der Waals surface area contributed by atoms with Crippen LogP contribution < -0.4 is 11.0 Å². The molecule has 1 aromatic heterocycles. The molecular formula is C6H12N8. The second kappa shape index (κ2) is 4.51. The minimum Gasteiger partial charge on any atom is -0.289 e. The third kappa shape index (κ3) is 2.39. The molecule has 14 heavy (non-hydrogen) atoms. The zero-order chi connectivity index (χ0) is 9.64. The minimum absolute atomic E-state index is 0.800. The molecule has 0 aromatic carbocycles. The van der Waals surface area contributed by atoms with E-state index in [0.29, 0.717) is 0 Å². The molecule has 0 radical (unpaired) electrons. The van der Waals surface area contributed by atoms with Crippen LogP contribution in [0.1, 0.15) is 12.8 Å². The predicted octanol–water partition coefficient (Wildman–Crippen LogP) is -1.28. The number of unbranched alkanes of at least 4 members (excludes halogenated alkanes) is 1. The molecule has 2 N–H and O–H groups in total. The van der Waals surface area contributed by atoms with E-state index in [2.05, 4.69) is 31.5 Å². The Balaban J connectivity index is 1.55. The fraction of sp³-hybridized carbons (Fsp3) is 0.667. The molecule has 0 saturated heterocycles. The Labute approximate surface area is 80.9 Å². The molecule has 1 aliphatic rings. The van der Waals surface area contributed by atoms with Crippen molar-refractivity contribution < 1.29 is 0 Å². The Hall–Kier alpha value is -1.70. The first-order valence-corrected chi connectivity index (χ1v) is 4.47. The van der Waals surface area contributed by atoms with Gasteiger partial charge in [0.15, 0.2) is 6.33 Å². The van der Waals surface area contributed by atoms with E-state index in [9.17, 15) is 0 Å². The van der Waals surface area contributed by atoms with Crippen LogP contribution in [0.25, 0.3) is 0 Å². The van der Waals surface area contributed by atoms with E-state index in [1.54, 1.807) is 11.1 Å². The molecule has 0 aliphatic carbocycles. The summed E-state index contributed by atoms with van der Waals surface area (Å²) in [6.45, 7) is 1.68. The highest BCUT2D eigenvalue weighted by molar-refractivity contribution is 5.54. The highest BCUT2D eigenvalue weighted by Gasteiger charge is 2.04. The maximum absolute atomic E-state index is 3.91. The molecule has 0 bridgehead atoms. The third-order valence-electron chi connectivity index (χ3n) is 1.84. The summed E-state index contributed by atoms with van der Waals surface area (Å²) < 4.78 is 0. The van der Waals surface area contributed by atoms with Crippen molar-refractivity contribution in [3.8, 4) is 0 Å². The van der Waals surface area contributed by atoms with Crippen molar-refractivity contribution in [2.45, 2.75) is 19.4 Å². The van der Waals surface area contributed by atoms with E-state index in [0.717, 1.165) is 25.9 Å². The number of tetrazole rings is 1. The van der Waals surface area contributed by atoms with Crippen LogP contribution in [0.5, 0.6) is 0 Å². The second-order valence-electron chi connectivity index (χ2n) is 2.88. The van der Waals surface area contributed by atoms with Gasteiger partial charge in [-0.3, -0.25) is 5.43 Å². The summed E-state index contributed by atoms with van der Waals surface area (Å²) in [7, 11) is 0. The first-order chi connectivity index (χ1) is 6.95. The van der Waals surface area contributed by atoms with Crippen molar-refractivity contribution in [1.29, 1.82) is 0 Å². The number of rotatable bonds is 5. The lowest BCUT2D eigenvalue weighted by atomic mass is 10.3. The number of aromatic nitrogens is 4. The third-order valence-corrected chi connectivity index (χ3v) is 1.84. The Morgan fingerprint density at radius 3 is 2.86 bits per heavy atom. The molecule has 76 valence electrons. The van der Waals surface area contributed by atoms with E-state index in [4.69, 9.17) is 0 Å². The summed E-state index contributed by atoms with van der Waals surface area (Å²) in [6.07, 6.45) is 5.09. The maximum Gasteiger partial charge on any atom is 0.162 e. The molecule has 8 heteroatoms. The monoisotopic (exact) mass is 196 g/mol. The Morgan fingerprint density at radius 2 is 2.14 bits per heavy atom. The van der Waals surface area contributed by atoms with Gasteiger partial charge in [-0.2, -0.15) is 9.90 Å². The van der Waals surface area contributed by atoms with Crippen LogP contribution in [0.4, 0.5) is 0 Å². The topological polar surface area (TPSA) is 83.3 Å². The first-order valence-electron chi connectivity index (χ1n) is 4.47. The first kappa shape index (κ1) is 8.88. The minimum atomic E-state index is 0.800. The fourth-order valence-electron chi connectivity index (χ4n) is 1.15. The highest BCUT2D eigenvalue weighted by Crippen LogP contribution is 1.93. The molecule has 2 heterocycles. The summed E-state index contributed by atoms with van der Waals surface area (Å²) in [5, 5.41) is 16.9. The second-order valence-corrected chi connectivity index (χ2v) is 2.88. The number of hydrazone groups is 1. The Bertz CT molecular complexity index is 272. The standard InChI is InChI=1S/C6H12N8/c1(3-13-9-5-7-11-13)2-4-14-10-6-8-12-14/h5-6,11H,1-4H2,(H,7,9). The lowest BCUT2D eigenvalue weighted by Crippen LogP contribution is -2.39. The maximum atomic E-state index is 3.91. The van der Waals surface area contributed by atoms with Crippen molar-refractivity contribution in [2.24, 2.45) is 5.10 Å². The molecule has 0 unspecified atom stereocenters. The van der Waals surface area contributed by atoms with Gasteiger partial charge in [-0.25, -0.2) is 5.53 Å². The SMILES string of the molecule is C1=NNN(CCCCn2ncnn2)N1. The molecule has 8 nitrogen and oxygen atoms in total. The molecule has 0 atom stereocenters. The smallest absolute Gasteiger partial charge is 0.162 e. The average molecular weight is 196 g/mol. The summed E-state index contributed by atoms with van der Waals surface area (Å²) in [5.41, 5.74) is 5.72. The molecular weight excluding hydrogens is 184 g/mol. The van der Waals surface area contributed by atoms with E-state index in [1.807, 2.05) is 5.12 Å². The molecule has 0 spiro atoms. The van der Waals surface area contributed by atoms with Crippen LogP contribution in [0.2, 0.25) is 0 Å². The van der Waals surface area contributed by atoms with Crippen LogP contribution in [-0.4, -0.2) is 38.2 Å². The van der Waals surface area contributed by atoms with Crippen molar-refractivity contribution >= 4 is 6.34 Å². The van der Waals surface area contributed by atoms with Crippen LogP contribution in [0.15, 0.2) is 11.4 Å². The molecule has 0 saturated carbocycles.